The largest absolute Gasteiger partial charge is 0.399 e. The smallest absolute Gasteiger partial charge is 0.182 e. The lowest BCUT2D eigenvalue weighted by atomic mass is 9.97. The van der Waals surface area contributed by atoms with Gasteiger partial charge in [0.25, 0.3) is 0 Å². The van der Waals surface area contributed by atoms with Crippen molar-refractivity contribution in [3.63, 3.8) is 0 Å². The summed E-state index contributed by atoms with van der Waals surface area (Å²) in [6, 6.07) is 6.40. The number of hydrogen-bond acceptors (Lipinski definition) is 4. The molecule has 5 nitrogen and oxygen atoms in total. The lowest BCUT2D eigenvalue weighted by molar-refractivity contribution is 0.306. The highest BCUT2D eigenvalue weighted by atomic mass is 15.5. The molecule has 1 aliphatic carbocycles. The Morgan fingerprint density at radius 2 is 2.00 bits per heavy atom. The van der Waals surface area contributed by atoms with Gasteiger partial charge in [0, 0.05) is 11.3 Å². The number of aryl methyl sites for hydroxylation is 1. The molecule has 0 amide bonds. The van der Waals surface area contributed by atoms with Crippen LogP contribution >= 0.6 is 0 Å². The second kappa shape index (κ2) is 5.84. The molecular formula is C16H23N5. The summed E-state index contributed by atoms with van der Waals surface area (Å²) in [4.78, 5) is 0. The first-order valence-electron chi connectivity index (χ1n) is 7.81. The van der Waals surface area contributed by atoms with Gasteiger partial charge in [-0.05, 0) is 59.9 Å². The van der Waals surface area contributed by atoms with Crippen LogP contribution in [0.3, 0.4) is 0 Å². The summed E-state index contributed by atoms with van der Waals surface area (Å²) in [5.41, 5.74) is 8.82. The molecular weight excluding hydrogens is 262 g/mol. The monoisotopic (exact) mass is 285 g/mol. The SMILES string of the molecule is Cc1cc(-c2nnnn2C2CCCCCC2C)ccc1N. The fourth-order valence-electron chi connectivity index (χ4n) is 3.26. The highest BCUT2D eigenvalue weighted by Gasteiger charge is 2.25. The van der Waals surface area contributed by atoms with Crippen LogP contribution in [-0.4, -0.2) is 20.2 Å². The van der Waals surface area contributed by atoms with E-state index < -0.39 is 0 Å². The van der Waals surface area contributed by atoms with Gasteiger partial charge in [-0.15, -0.1) is 5.10 Å². The molecule has 0 aliphatic heterocycles. The predicted molar refractivity (Wildman–Crippen MR) is 83.7 cm³/mol. The van der Waals surface area contributed by atoms with E-state index >= 15 is 0 Å². The maximum atomic E-state index is 5.91. The van der Waals surface area contributed by atoms with Crippen molar-refractivity contribution in [2.45, 2.75) is 52.0 Å². The highest BCUT2D eigenvalue weighted by molar-refractivity contribution is 5.61. The van der Waals surface area contributed by atoms with Gasteiger partial charge in [0.1, 0.15) is 0 Å². The first-order chi connectivity index (χ1) is 10.2. The minimum absolute atomic E-state index is 0.398. The summed E-state index contributed by atoms with van der Waals surface area (Å²) >= 11 is 0. The lowest BCUT2D eigenvalue weighted by Gasteiger charge is -2.22. The molecule has 1 aromatic heterocycles. The van der Waals surface area contributed by atoms with Gasteiger partial charge in [0.2, 0.25) is 0 Å². The number of anilines is 1. The quantitative estimate of drug-likeness (QED) is 0.678. The Balaban J connectivity index is 1.97. The summed E-state index contributed by atoms with van der Waals surface area (Å²) < 4.78 is 2.03. The van der Waals surface area contributed by atoms with E-state index in [9.17, 15) is 0 Å². The van der Waals surface area contributed by atoms with Crippen molar-refractivity contribution in [1.29, 1.82) is 0 Å². The number of rotatable bonds is 2. The Morgan fingerprint density at radius 3 is 2.81 bits per heavy atom. The van der Waals surface area contributed by atoms with E-state index in [0.29, 0.717) is 12.0 Å². The van der Waals surface area contributed by atoms with Gasteiger partial charge >= 0.3 is 0 Å². The number of benzene rings is 1. The van der Waals surface area contributed by atoms with E-state index in [1.54, 1.807) is 0 Å². The Kier molecular flexibility index (Phi) is 3.90. The van der Waals surface area contributed by atoms with E-state index in [-0.39, 0.29) is 0 Å². The molecule has 5 heteroatoms. The van der Waals surface area contributed by atoms with Crippen LogP contribution in [0.4, 0.5) is 5.69 Å². The van der Waals surface area contributed by atoms with Crippen molar-refractivity contribution in [2.75, 3.05) is 5.73 Å². The minimum atomic E-state index is 0.398. The van der Waals surface area contributed by atoms with Gasteiger partial charge in [0.05, 0.1) is 6.04 Å². The van der Waals surface area contributed by atoms with Gasteiger partial charge in [0.15, 0.2) is 5.82 Å². The van der Waals surface area contributed by atoms with Crippen LogP contribution < -0.4 is 5.73 Å². The van der Waals surface area contributed by atoms with Crippen LogP contribution in [0.2, 0.25) is 0 Å². The molecule has 2 atom stereocenters. The standard InChI is InChI=1S/C16H23N5/c1-11-6-4-3-5-7-15(11)21-16(18-19-20-21)13-8-9-14(17)12(2)10-13/h8-11,15H,3-7,17H2,1-2H3. The van der Waals surface area contributed by atoms with Crippen molar-refractivity contribution in [2.24, 2.45) is 5.92 Å². The Hall–Kier alpha value is -1.91. The van der Waals surface area contributed by atoms with Gasteiger partial charge < -0.3 is 5.73 Å². The van der Waals surface area contributed by atoms with Crippen molar-refractivity contribution in [1.82, 2.24) is 20.2 Å². The van der Waals surface area contributed by atoms with Crippen molar-refractivity contribution in [3.05, 3.63) is 23.8 Å². The molecule has 1 fully saturated rings. The van der Waals surface area contributed by atoms with Crippen LogP contribution in [0, 0.1) is 12.8 Å². The summed E-state index contributed by atoms with van der Waals surface area (Å²) in [5, 5.41) is 12.5. The van der Waals surface area contributed by atoms with E-state index in [1.165, 1.54) is 25.7 Å². The third-order valence-corrected chi connectivity index (χ3v) is 4.65. The highest BCUT2D eigenvalue weighted by Crippen LogP contribution is 2.34. The minimum Gasteiger partial charge on any atom is -0.399 e. The molecule has 0 spiro atoms. The zero-order chi connectivity index (χ0) is 14.8. The van der Waals surface area contributed by atoms with Gasteiger partial charge in [-0.2, -0.15) is 0 Å². The molecule has 21 heavy (non-hydrogen) atoms. The van der Waals surface area contributed by atoms with E-state index in [0.717, 1.165) is 29.1 Å². The molecule has 2 aromatic rings. The molecule has 1 aliphatic rings. The second-order valence-corrected chi connectivity index (χ2v) is 6.20. The van der Waals surface area contributed by atoms with Gasteiger partial charge in [-0.25, -0.2) is 4.68 Å². The average Bonchev–Trinajstić information content (AvgIpc) is 2.85. The van der Waals surface area contributed by atoms with E-state index in [4.69, 9.17) is 5.73 Å². The Morgan fingerprint density at radius 1 is 1.19 bits per heavy atom. The number of tetrazole rings is 1. The zero-order valence-corrected chi connectivity index (χ0v) is 12.8. The van der Waals surface area contributed by atoms with Gasteiger partial charge in [-0.1, -0.05) is 26.2 Å². The predicted octanol–water partition coefficient (Wildman–Crippen LogP) is 3.37. The molecule has 0 radical (unpaired) electrons. The maximum absolute atomic E-state index is 5.91. The summed E-state index contributed by atoms with van der Waals surface area (Å²) in [5.74, 6) is 1.47. The maximum Gasteiger partial charge on any atom is 0.182 e. The van der Waals surface area contributed by atoms with E-state index in [2.05, 4.69) is 28.5 Å². The topological polar surface area (TPSA) is 69.6 Å². The normalized spacial score (nSPS) is 23.0. The van der Waals surface area contributed by atoms with Crippen LogP contribution in [0.15, 0.2) is 18.2 Å². The van der Waals surface area contributed by atoms with Crippen LogP contribution in [0.1, 0.15) is 50.6 Å². The summed E-state index contributed by atoms with van der Waals surface area (Å²) in [6.45, 7) is 4.33. The van der Waals surface area contributed by atoms with Crippen molar-refractivity contribution < 1.29 is 0 Å². The first-order valence-corrected chi connectivity index (χ1v) is 7.81. The third-order valence-electron chi connectivity index (χ3n) is 4.65. The molecule has 3 rings (SSSR count). The number of aromatic nitrogens is 4. The molecule has 112 valence electrons. The number of nitrogen functional groups attached to an aromatic ring is 1. The van der Waals surface area contributed by atoms with Crippen LogP contribution in [0.5, 0.6) is 0 Å². The van der Waals surface area contributed by atoms with Crippen LogP contribution in [-0.2, 0) is 0 Å². The molecule has 0 saturated heterocycles. The fraction of sp³-hybridized carbons (Fsp3) is 0.562. The van der Waals surface area contributed by atoms with E-state index in [1.807, 2.05) is 23.7 Å². The third kappa shape index (κ3) is 2.77. The first kappa shape index (κ1) is 14.0. The Labute approximate surface area is 125 Å². The molecule has 2 N–H and O–H groups in total. The molecule has 1 saturated carbocycles. The fourth-order valence-corrected chi connectivity index (χ4v) is 3.26. The van der Waals surface area contributed by atoms with Crippen molar-refractivity contribution >= 4 is 5.69 Å². The Bertz CT molecular complexity index is 619. The summed E-state index contributed by atoms with van der Waals surface area (Å²) in [7, 11) is 0. The zero-order valence-electron chi connectivity index (χ0n) is 12.8. The number of nitrogens with two attached hydrogens (primary N) is 1. The lowest BCUT2D eigenvalue weighted by Crippen LogP contribution is -2.18. The summed E-state index contributed by atoms with van der Waals surface area (Å²) in [6.07, 6.45) is 6.31. The number of hydrogen-bond donors (Lipinski definition) is 1. The van der Waals surface area contributed by atoms with Gasteiger partial charge in [-0.3, -0.25) is 0 Å². The number of nitrogens with zero attached hydrogens (tertiary/aromatic N) is 4. The molecule has 0 bridgehead atoms. The average molecular weight is 285 g/mol. The second-order valence-electron chi connectivity index (χ2n) is 6.20. The molecule has 2 unspecified atom stereocenters. The van der Waals surface area contributed by atoms with Crippen molar-refractivity contribution in [3.8, 4) is 11.4 Å². The molecule has 1 heterocycles. The van der Waals surface area contributed by atoms with Crippen LogP contribution in [0.25, 0.3) is 11.4 Å². The molecule has 1 aromatic carbocycles.